The number of ether oxygens (including phenoxy) is 3. The first-order valence-corrected chi connectivity index (χ1v) is 13.2. The summed E-state index contributed by atoms with van der Waals surface area (Å²) in [5.74, 6) is 2.52. The van der Waals surface area contributed by atoms with Crippen LogP contribution in [-0.2, 0) is 24.4 Å². The molecule has 1 fully saturated rings. The van der Waals surface area contributed by atoms with E-state index in [-0.39, 0.29) is 18.5 Å². The molecule has 12 nitrogen and oxygen atoms in total. The lowest BCUT2D eigenvalue weighted by atomic mass is 10.0. The third kappa shape index (κ3) is 4.82. The van der Waals surface area contributed by atoms with Crippen LogP contribution in [0.5, 0.6) is 11.5 Å². The lowest BCUT2D eigenvalue weighted by Gasteiger charge is -2.30. The molecule has 1 aromatic carbocycles. The number of benzene rings is 1. The first kappa shape index (κ1) is 24.5. The minimum Gasteiger partial charge on any atom is -0.468 e. The van der Waals surface area contributed by atoms with Crippen LogP contribution in [0, 0.1) is 0 Å². The van der Waals surface area contributed by atoms with E-state index in [1.165, 1.54) is 0 Å². The Kier molecular flexibility index (Phi) is 6.46. The van der Waals surface area contributed by atoms with Crippen molar-refractivity contribution >= 4 is 10.9 Å². The van der Waals surface area contributed by atoms with E-state index in [1.807, 2.05) is 42.6 Å². The maximum Gasteiger partial charge on any atom is 0.253 e. The highest BCUT2D eigenvalue weighted by Crippen LogP contribution is 2.37. The molecule has 2 unspecified atom stereocenters. The number of fused-ring (bicyclic) bond motifs is 2. The number of H-pyrrole nitrogens is 1. The number of nitrogens with one attached hydrogen (secondary N) is 1. The van der Waals surface area contributed by atoms with Gasteiger partial charge < -0.3 is 23.6 Å². The van der Waals surface area contributed by atoms with Gasteiger partial charge in [0.1, 0.15) is 11.8 Å². The van der Waals surface area contributed by atoms with Crippen molar-refractivity contribution in [2.45, 2.75) is 44.6 Å². The van der Waals surface area contributed by atoms with Crippen molar-refractivity contribution in [3.8, 4) is 11.5 Å². The van der Waals surface area contributed by atoms with Gasteiger partial charge in [-0.25, -0.2) is 4.68 Å². The molecule has 0 spiro atoms. The quantitative estimate of drug-likeness (QED) is 0.297. The Balaban J connectivity index is 1.38. The van der Waals surface area contributed by atoms with E-state index in [9.17, 15) is 4.79 Å². The van der Waals surface area contributed by atoms with Gasteiger partial charge in [-0.3, -0.25) is 14.7 Å². The minimum absolute atomic E-state index is 0.00868. The van der Waals surface area contributed by atoms with Gasteiger partial charge in [-0.15, -0.1) is 5.10 Å². The van der Waals surface area contributed by atoms with E-state index in [2.05, 4.69) is 30.4 Å². The fourth-order valence-electron chi connectivity index (χ4n) is 5.40. The molecule has 2 aliphatic rings. The second kappa shape index (κ2) is 10.5. The van der Waals surface area contributed by atoms with Crippen LogP contribution in [0.2, 0.25) is 0 Å². The molecule has 204 valence electrons. The topological polar surface area (TPSA) is 133 Å². The average Bonchev–Trinajstić information content (AvgIpc) is 3.78. The molecule has 5 aromatic rings. The van der Waals surface area contributed by atoms with E-state index >= 15 is 0 Å². The van der Waals surface area contributed by atoms with Crippen LogP contribution in [0.15, 0.2) is 70.3 Å². The molecule has 1 N–H and O–H groups in total. The summed E-state index contributed by atoms with van der Waals surface area (Å²) in [6.07, 6.45) is 7.12. The number of hydrogen-bond acceptors (Lipinski definition) is 10. The number of hydrogen-bond donors (Lipinski definition) is 1. The Hall–Kier alpha value is -4.55. The van der Waals surface area contributed by atoms with Crippen molar-refractivity contribution in [2.75, 3.05) is 13.4 Å². The predicted octanol–water partition coefficient (Wildman–Crippen LogP) is 3.20. The number of furan rings is 1. The Bertz CT molecular complexity index is 1660. The molecule has 4 aromatic heterocycles. The summed E-state index contributed by atoms with van der Waals surface area (Å²) in [5, 5.41) is 13.6. The molecule has 0 aliphatic carbocycles. The molecule has 0 saturated carbocycles. The average molecular weight is 542 g/mol. The first-order valence-electron chi connectivity index (χ1n) is 13.2. The summed E-state index contributed by atoms with van der Waals surface area (Å²) in [5.41, 5.74) is 1.86. The molecular weight excluding hydrogens is 514 g/mol. The highest BCUT2D eigenvalue weighted by atomic mass is 16.7. The number of pyridine rings is 2. The highest BCUT2D eigenvalue weighted by molar-refractivity contribution is 5.83. The summed E-state index contributed by atoms with van der Waals surface area (Å²) < 4.78 is 24.5. The number of aromatic amines is 1. The van der Waals surface area contributed by atoms with Crippen LogP contribution in [-0.4, -0.2) is 54.6 Å². The van der Waals surface area contributed by atoms with Gasteiger partial charge in [-0.2, -0.15) is 0 Å². The highest BCUT2D eigenvalue weighted by Gasteiger charge is 2.33. The van der Waals surface area contributed by atoms with E-state index in [0.29, 0.717) is 48.0 Å². The summed E-state index contributed by atoms with van der Waals surface area (Å²) in [7, 11) is 0. The van der Waals surface area contributed by atoms with Crippen LogP contribution in [0.25, 0.3) is 10.9 Å². The molecule has 0 amide bonds. The van der Waals surface area contributed by atoms with Crippen LogP contribution in [0.3, 0.4) is 0 Å². The smallest absolute Gasteiger partial charge is 0.253 e. The number of nitrogens with zero attached hydrogens (tertiary/aromatic N) is 6. The lowest BCUT2D eigenvalue weighted by Crippen LogP contribution is -2.35. The molecule has 6 heterocycles. The van der Waals surface area contributed by atoms with Gasteiger partial charge in [0.25, 0.3) is 5.56 Å². The fourth-order valence-corrected chi connectivity index (χ4v) is 5.40. The van der Waals surface area contributed by atoms with E-state index in [4.69, 9.17) is 18.6 Å². The van der Waals surface area contributed by atoms with Gasteiger partial charge >= 0.3 is 0 Å². The lowest BCUT2D eigenvalue weighted by molar-refractivity contribution is 0.0901. The first-order chi connectivity index (χ1) is 19.7. The maximum absolute atomic E-state index is 13.8. The standard InChI is InChI=1S/C28H27N7O5/c36-28-22(10-19-11-24-25(40-17-39-24)12-23(19)30-28)26(27-31-32-33-35(27)16-21-6-3-9-38-21)34(15-20-5-2-8-37-20)14-18-4-1-7-29-13-18/h1-2,4-5,7-8,10-13,21,26H,3,6,9,14-17H2,(H,30,36). The molecule has 1 saturated heterocycles. The predicted molar refractivity (Wildman–Crippen MR) is 142 cm³/mol. The van der Waals surface area contributed by atoms with Crippen LogP contribution in [0.1, 0.15) is 41.6 Å². The molecule has 0 radical (unpaired) electrons. The number of rotatable bonds is 9. The zero-order valence-corrected chi connectivity index (χ0v) is 21.6. The fraction of sp³-hybridized carbons (Fsp3) is 0.321. The maximum atomic E-state index is 13.8. The van der Waals surface area contributed by atoms with Crippen LogP contribution >= 0.6 is 0 Å². The van der Waals surface area contributed by atoms with Crippen molar-refractivity contribution in [2.24, 2.45) is 0 Å². The largest absolute Gasteiger partial charge is 0.468 e. The van der Waals surface area contributed by atoms with Crippen molar-refractivity contribution in [1.82, 2.24) is 35.1 Å². The second-order valence-corrected chi connectivity index (χ2v) is 9.95. The van der Waals surface area contributed by atoms with Gasteiger partial charge in [0, 0.05) is 42.6 Å². The Morgan fingerprint density at radius 3 is 2.85 bits per heavy atom. The number of tetrazole rings is 1. The van der Waals surface area contributed by atoms with Gasteiger partial charge in [0.2, 0.25) is 6.79 Å². The monoisotopic (exact) mass is 541 g/mol. The molecule has 12 heteroatoms. The molecule has 2 aliphatic heterocycles. The van der Waals surface area contributed by atoms with Gasteiger partial charge in [-0.05, 0) is 59.2 Å². The van der Waals surface area contributed by atoms with E-state index in [1.54, 1.807) is 23.2 Å². The van der Waals surface area contributed by atoms with Gasteiger partial charge in [0.05, 0.1) is 31.0 Å². The third-order valence-corrected chi connectivity index (χ3v) is 7.28. The van der Waals surface area contributed by atoms with Crippen LogP contribution < -0.4 is 15.0 Å². The summed E-state index contributed by atoms with van der Waals surface area (Å²) in [4.78, 5) is 23.3. The Labute approximate surface area is 228 Å². The summed E-state index contributed by atoms with van der Waals surface area (Å²) in [6.45, 7) is 2.22. The van der Waals surface area contributed by atoms with Gasteiger partial charge in [0.15, 0.2) is 17.3 Å². The molecule has 7 rings (SSSR count). The van der Waals surface area contributed by atoms with Gasteiger partial charge in [-0.1, -0.05) is 6.07 Å². The summed E-state index contributed by atoms with van der Waals surface area (Å²) >= 11 is 0. The molecular formula is C28H27N7O5. The third-order valence-electron chi connectivity index (χ3n) is 7.28. The van der Waals surface area contributed by atoms with Crippen LogP contribution in [0.4, 0.5) is 0 Å². The Morgan fingerprint density at radius 1 is 1.12 bits per heavy atom. The zero-order chi connectivity index (χ0) is 26.9. The molecule has 2 atom stereocenters. The minimum atomic E-state index is -0.625. The number of aromatic nitrogens is 6. The van der Waals surface area contributed by atoms with Crippen molar-refractivity contribution < 1.29 is 18.6 Å². The SMILES string of the molecule is O=c1[nH]c2cc3c(cc2cc1C(c1nnnn1CC1CCCO1)N(Cc1cccnc1)Cc1ccco1)OCO3. The van der Waals surface area contributed by atoms with Crippen molar-refractivity contribution in [3.63, 3.8) is 0 Å². The van der Waals surface area contributed by atoms with E-state index < -0.39 is 6.04 Å². The van der Waals surface area contributed by atoms with Crippen molar-refractivity contribution in [3.05, 3.63) is 94.2 Å². The summed E-state index contributed by atoms with van der Waals surface area (Å²) in [6, 6.07) is 12.6. The van der Waals surface area contributed by atoms with Crippen molar-refractivity contribution in [1.29, 1.82) is 0 Å². The molecule has 40 heavy (non-hydrogen) atoms. The zero-order valence-electron chi connectivity index (χ0n) is 21.6. The normalized spacial score (nSPS) is 17.2. The second-order valence-electron chi connectivity index (χ2n) is 9.95. The Morgan fingerprint density at radius 2 is 2.05 bits per heavy atom. The molecule has 0 bridgehead atoms. The van der Waals surface area contributed by atoms with E-state index in [0.717, 1.165) is 36.2 Å².